The molecule has 8 heteroatoms. The molecule has 1 aliphatic heterocycles. The van der Waals surface area contributed by atoms with Crippen LogP contribution in [-0.4, -0.2) is 54.3 Å². The zero-order valence-electron chi connectivity index (χ0n) is 18.5. The molecule has 6 nitrogen and oxygen atoms in total. The maximum absolute atomic E-state index is 13.5. The van der Waals surface area contributed by atoms with E-state index < -0.39 is 15.8 Å². The van der Waals surface area contributed by atoms with Crippen LogP contribution in [0.4, 0.5) is 4.39 Å². The van der Waals surface area contributed by atoms with Crippen LogP contribution in [0.5, 0.6) is 0 Å². The molecule has 1 aliphatic rings. The van der Waals surface area contributed by atoms with Crippen molar-refractivity contribution in [1.29, 1.82) is 0 Å². The highest BCUT2D eigenvalue weighted by Crippen LogP contribution is 2.25. The van der Waals surface area contributed by atoms with E-state index in [0.717, 1.165) is 22.5 Å². The molecule has 0 spiro atoms. The second-order valence-electron chi connectivity index (χ2n) is 8.33. The number of benzene rings is 3. The lowest BCUT2D eigenvalue weighted by molar-refractivity contribution is 0.0699. The molecule has 1 saturated heterocycles. The fourth-order valence-electron chi connectivity index (χ4n) is 4.41. The molecule has 2 heterocycles. The van der Waals surface area contributed by atoms with Gasteiger partial charge in [-0.15, -0.1) is 0 Å². The predicted octanol–water partition coefficient (Wildman–Crippen LogP) is 3.98. The average Bonchev–Trinajstić information content (AvgIpc) is 3.22. The van der Waals surface area contributed by atoms with Crippen LogP contribution < -0.4 is 0 Å². The summed E-state index contributed by atoms with van der Waals surface area (Å²) in [5.74, 6) is -0.715. The largest absolute Gasteiger partial charge is 0.342 e. The van der Waals surface area contributed by atoms with E-state index in [9.17, 15) is 17.6 Å². The number of para-hydroxylation sites is 1. The molecule has 0 radical (unpaired) electrons. The number of fused-ring (bicyclic) bond motifs is 1. The number of hydrogen-bond acceptors (Lipinski definition) is 3. The van der Waals surface area contributed by atoms with Gasteiger partial charge in [-0.1, -0.05) is 54.6 Å². The summed E-state index contributed by atoms with van der Waals surface area (Å²) < 4.78 is 42.7. The van der Waals surface area contributed by atoms with Gasteiger partial charge in [-0.3, -0.25) is 4.79 Å². The van der Waals surface area contributed by atoms with Crippen molar-refractivity contribution in [3.63, 3.8) is 0 Å². The first-order chi connectivity index (χ1) is 16.4. The topological polar surface area (TPSA) is 62.6 Å². The Labute approximate surface area is 197 Å². The van der Waals surface area contributed by atoms with Crippen LogP contribution in [0, 0.1) is 5.82 Å². The Hall–Kier alpha value is -3.49. The second-order valence-corrected chi connectivity index (χ2v) is 10.3. The number of amides is 1. The molecule has 34 heavy (non-hydrogen) atoms. The third kappa shape index (κ3) is 4.22. The highest BCUT2D eigenvalue weighted by molar-refractivity contribution is 7.89. The maximum atomic E-state index is 13.5. The Balaban J connectivity index is 1.35. The van der Waals surface area contributed by atoms with E-state index in [2.05, 4.69) is 16.7 Å². The van der Waals surface area contributed by atoms with Gasteiger partial charge >= 0.3 is 0 Å². The van der Waals surface area contributed by atoms with E-state index in [0.29, 0.717) is 12.1 Å². The number of hydrogen-bond donors (Lipinski definition) is 0. The van der Waals surface area contributed by atoms with Gasteiger partial charge < -0.3 is 9.47 Å². The van der Waals surface area contributed by atoms with Crippen LogP contribution in [0.15, 0.2) is 90.0 Å². The summed E-state index contributed by atoms with van der Waals surface area (Å²) in [6.07, 6.45) is 1.88. The Morgan fingerprint density at radius 3 is 2.29 bits per heavy atom. The number of halogens is 1. The van der Waals surface area contributed by atoms with Gasteiger partial charge in [-0.2, -0.15) is 4.31 Å². The van der Waals surface area contributed by atoms with Crippen molar-refractivity contribution in [2.45, 2.75) is 11.4 Å². The van der Waals surface area contributed by atoms with E-state index in [-0.39, 0.29) is 37.0 Å². The number of rotatable bonds is 5. The highest BCUT2D eigenvalue weighted by atomic mass is 32.2. The molecule has 0 unspecified atom stereocenters. The van der Waals surface area contributed by atoms with E-state index in [1.165, 1.54) is 22.5 Å². The number of piperazine rings is 1. The van der Waals surface area contributed by atoms with Gasteiger partial charge in [0.15, 0.2) is 0 Å². The van der Waals surface area contributed by atoms with Crippen LogP contribution in [0.3, 0.4) is 0 Å². The lowest BCUT2D eigenvalue weighted by Crippen LogP contribution is -2.50. The van der Waals surface area contributed by atoms with E-state index in [1.54, 1.807) is 4.90 Å². The molecule has 0 aliphatic carbocycles. The first kappa shape index (κ1) is 22.3. The first-order valence-electron chi connectivity index (χ1n) is 11.1. The monoisotopic (exact) mass is 477 g/mol. The summed E-state index contributed by atoms with van der Waals surface area (Å²) in [7, 11) is -3.81. The number of carbonyl (C=O) groups excluding carboxylic acids is 1. The van der Waals surface area contributed by atoms with Gasteiger partial charge in [0, 0.05) is 49.8 Å². The standard InChI is InChI=1S/C26H24FN3O3S/c27-21-9-6-10-22(17-21)34(32,33)30-15-13-28(14-16-30)26(31)24-19-29(18-20-7-2-1-3-8-20)25-12-5-4-11-23(24)25/h1-12,17,19H,13-16,18H2. The Morgan fingerprint density at radius 2 is 1.56 bits per heavy atom. The van der Waals surface area contributed by atoms with E-state index >= 15 is 0 Å². The van der Waals surface area contributed by atoms with Gasteiger partial charge in [-0.25, -0.2) is 12.8 Å². The first-order valence-corrected chi connectivity index (χ1v) is 12.5. The lowest BCUT2D eigenvalue weighted by Gasteiger charge is -2.34. The van der Waals surface area contributed by atoms with Crippen LogP contribution in [0.25, 0.3) is 10.9 Å². The number of carbonyl (C=O) groups is 1. The lowest BCUT2D eigenvalue weighted by atomic mass is 10.1. The maximum Gasteiger partial charge on any atom is 0.256 e. The fourth-order valence-corrected chi connectivity index (χ4v) is 5.86. The third-order valence-electron chi connectivity index (χ3n) is 6.17. The quantitative estimate of drug-likeness (QED) is 0.437. The Kier molecular flexibility index (Phi) is 5.93. The Bertz CT molecular complexity index is 1440. The number of sulfonamides is 1. The highest BCUT2D eigenvalue weighted by Gasteiger charge is 2.31. The average molecular weight is 478 g/mol. The zero-order valence-corrected chi connectivity index (χ0v) is 19.3. The number of nitrogens with zero attached hydrogens (tertiary/aromatic N) is 3. The molecule has 0 atom stereocenters. The molecule has 1 aromatic heterocycles. The minimum Gasteiger partial charge on any atom is -0.342 e. The summed E-state index contributed by atoms with van der Waals surface area (Å²) >= 11 is 0. The summed E-state index contributed by atoms with van der Waals surface area (Å²) in [6, 6.07) is 22.9. The molecular weight excluding hydrogens is 453 g/mol. The predicted molar refractivity (Wildman–Crippen MR) is 129 cm³/mol. The van der Waals surface area contributed by atoms with Gasteiger partial charge in [-0.05, 0) is 29.8 Å². The van der Waals surface area contributed by atoms with Gasteiger partial charge in [0.1, 0.15) is 5.82 Å². The molecule has 0 bridgehead atoms. The molecule has 1 amide bonds. The second kappa shape index (κ2) is 9.04. The Morgan fingerprint density at radius 1 is 0.853 bits per heavy atom. The van der Waals surface area contributed by atoms with Crippen molar-refractivity contribution in [2.24, 2.45) is 0 Å². The van der Waals surface area contributed by atoms with Crippen molar-refractivity contribution >= 4 is 26.8 Å². The summed E-state index contributed by atoms with van der Waals surface area (Å²) in [5, 5.41) is 0.873. The van der Waals surface area contributed by atoms with Gasteiger partial charge in [0.25, 0.3) is 5.91 Å². The van der Waals surface area contributed by atoms with Crippen molar-refractivity contribution in [2.75, 3.05) is 26.2 Å². The zero-order chi connectivity index (χ0) is 23.7. The van der Waals surface area contributed by atoms with Crippen LogP contribution in [-0.2, 0) is 16.6 Å². The van der Waals surface area contributed by atoms with Crippen LogP contribution in [0.1, 0.15) is 15.9 Å². The summed E-state index contributed by atoms with van der Waals surface area (Å²) in [5.41, 5.74) is 2.72. The molecule has 0 saturated carbocycles. The fraction of sp³-hybridized carbons (Fsp3) is 0.192. The summed E-state index contributed by atoms with van der Waals surface area (Å²) in [6.45, 7) is 1.51. The molecule has 4 aromatic rings. The summed E-state index contributed by atoms with van der Waals surface area (Å²) in [4.78, 5) is 15.1. The van der Waals surface area contributed by atoms with Crippen LogP contribution in [0.2, 0.25) is 0 Å². The normalized spacial score (nSPS) is 15.0. The minimum absolute atomic E-state index is 0.0729. The van der Waals surface area contributed by atoms with Gasteiger partial charge in [0.05, 0.1) is 10.5 Å². The molecule has 1 fully saturated rings. The SMILES string of the molecule is O=C(c1cn(Cc2ccccc2)c2ccccc12)N1CCN(S(=O)(=O)c2cccc(F)c2)CC1. The van der Waals surface area contributed by atoms with Crippen LogP contribution >= 0.6 is 0 Å². The molecule has 0 N–H and O–H groups in total. The third-order valence-corrected chi connectivity index (χ3v) is 8.07. The number of aromatic nitrogens is 1. The smallest absolute Gasteiger partial charge is 0.256 e. The van der Waals surface area contributed by atoms with Gasteiger partial charge in [0.2, 0.25) is 10.0 Å². The van der Waals surface area contributed by atoms with Crippen molar-refractivity contribution in [1.82, 2.24) is 13.8 Å². The van der Waals surface area contributed by atoms with E-state index in [1.807, 2.05) is 48.7 Å². The van der Waals surface area contributed by atoms with Crippen molar-refractivity contribution in [3.8, 4) is 0 Å². The molecule has 174 valence electrons. The molecule has 5 rings (SSSR count). The molecule has 3 aromatic carbocycles. The minimum atomic E-state index is -3.81. The molecular formula is C26H24FN3O3S. The van der Waals surface area contributed by atoms with Crippen molar-refractivity contribution < 1.29 is 17.6 Å². The van der Waals surface area contributed by atoms with E-state index in [4.69, 9.17) is 0 Å². The van der Waals surface area contributed by atoms with Crippen molar-refractivity contribution in [3.05, 3.63) is 102 Å².